The van der Waals surface area contributed by atoms with Crippen LogP contribution in [0.15, 0.2) is 18.2 Å². The zero-order valence-electron chi connectivity index (χ0n) is 19.2. The number of hydrogen-bond donors (Lipinski definition) is 2. The maximum Gasteiger partial charge on any atom is 0.329 e. The topological polar surface area (TPSA) is 103 Å². The molecule has 33 heavy (non-hydrogen) atoms. The number of hydrogen-bond acceptors (Lipinski definition) is 6. The molecular formula is C25H32N2O6. The fourth-order valence-electron chi connectivity index (χ4n) is 6.49. The van der Waals surface area contributed by atoms with Crippen molar-refractivity contribution in [1.82, 2.24) is 5.32 Å². The number of ether oxygens (including phenoxy) is 3. The van der Waals surface area contributed by atoms with Crippen LogP contribution in [0.5, 0.6) is 11.5 Å². The number of anilines is 1. The summed E-state index contributed by atoms with van der Waals surface area (Å²) >= 11 is 0. The highest BCUT2D eigenvalue weighted by Crippen LogP contribution is 2.60. The van der Waals surface area contributed by atoms with E-state index < -0.39 is 24.0 Å². The Morgan fingerprint density at radius 1 is 0.970 bits per heavy atom. The van der Waals surface area contributed by atoms with Crippen LogP contribution in [0.4, 0.5) is 5.69 Å². The predicted octanol–water partition coefficient (Wildman–Crippen LogP) is 3.05. The Kier molecular flexibility index (Phi) is 5.70. The van der Waals surface area contributed by atoms with Crippen LogP contribution in [0.25, 0.3) is 0 Å². The second kappa shape index (κ2) is 8.54. The van der Waals surface area contributed by atoms with Gasteiger partial charge in [-0.3, -0.25) is 9.59 Å². The van der Waals surface area contributed by atoms with E-state index in [-0.39, 0.29) is 11.3 Å². The van der Waals surface area contributed by atoms with E-state index in [9.17, 15) is 14.4 Å². The monoisotopic (exact) mass is 456 g/mol. The third kappa shape index (κ3) is 4.39. The SMILES string of the molecule is C[C@H](NC(=O)C12CC3CC(CC(C3)C1)C2)C(=O)O[C@@H](C)C(=O)Nc1ccc2c(c1)OCCO2. The highest BCUT2D eigenvalue weighted by atomic mass is 16.6. The van der Waals surface area contributed by atoms with Gasteiger partial charge in [0.15, 0.2) is 17.6 Å². The van der Waals surface area contributed by atoms with E-state index in [0.29, 0.717) is 48.2 Å². The quantitative estimate of drug-likeness (QED) is 0.638. The largest absolute Gasteiger partial charge is 0.486 e. The zero-order chi connectivity index (χ0) is 23.2. The standard InChI is InChI=1S/C25H32N2O6/c1-14(26-24(30)25-11-16-7-17(12-25)9-18(8-16)13-25)23(29)33-15(2)22(28)27-19-3-4-20-21(10-19)32-6-5-31-20/h3-4,10,14-18H,5-9,11-13H2,1-2H3,(H,26,30)(H,27,28)/t14-,15-,16?,17?,18?,25?/m0/s1. The smallest absolute Gasteiger partial charge is 0.329 e. The molecule has 0 radical (unpaired) electrons. The third-order valence-electron chi connectivity index (χ3n) is 7.69. The first-order chi connectivity index (χ1) is 15.8. The van der Waals surface area contributed by atoms with Crippen molar-refractivity contribution in [2.75, 3.05) is 18.5 Å². The van der Waals surface area contributed by atoms with Gasteiger partial charge >= 0.3 is 5.97 Å². The van der Waals surface area contributed by atoms with E-state index in [4.69, 9.17) is 14.2 Å². The lowest BCUT2D eigenvalue weighted by Gasteiger charge is -2.55. The average molecular weight is 457 g/mol. The number of nitrogens with one attached hydrogen (secondary N) is 2. The van der Waals surface area contributed by atoms with Crippen LogP contribution in [-0.2, 0) is 19.1 Å². The minimum absolute atomic E-state index is 0.0283. The fourth-order valence-corrected chi connectivity index (χ4v) is 6.49. The summed E-state index contributed by atoms with van der Waals surface area (Å²) in [7, 11) is 0. The van der Waals surface area contributed by atoms with Gasteiger partial charge in [0.05, 0.1) is 0 Å². The lowest BCUT2D eigenvalue weighted by atomic mass is 9.49. The van der Waals surface area contributed by atoms with Gasteiger partial charge in [0.1, 0.15) is 19.3 Å². The van der Waals surface area contributed by atoms with Crippen molar-refractivity contribution in [1.29, 1.82) is 0 Å². The molecule has 1 heterocycles. The molecule has 6 rings (SSSR count). The number of carbonyl (C=O) groups is 3. The highest BCUT2D eigenvalue weighted by molar-refractivity contribution is 5.96. The Morgan fingerprint density at radius 2 is 1.58 bits per heavy atom. The Bertz CT molecular complexity index is 925. The van der Waals surface area contributed by atoms with Crippen molar-refractivity contribution in [3.8, 4) is 11.5 Å². The predicted molar refractivity (Wildman–Crippen MR) is 120 cm³/mol. The van der Waals surface area contributed by atoms with Crippen LogP contribution in [0.2, 0.25) is 0 Å². The van der Waals surface area contributed by atoms with Gasteiger partial charge in [0.25, 0.3) is 5.91 Å². The molecule has 2 N–H and O–H groups in total. The Labute approximate surface area is 193 Å². The summed E-state index contributed by atoms with van der Waals surface area (Å²) in [5.74, 6) is 2.03. The molecule has 4 saturated carbocycles. The molecule has 5 aliphatic rings. The van der Waals surface area contributed by atoms with Gasteiger partial charge in [-0.05, 0) is 82.3 Å². The zero-order valence-corrected chi connectivity index (χ0v) is 19.2. The third-order valence-corrected chi connectivity index (χ3v) is 7.69. The maximum absolute atomic E-state index is 13.2. The summed E-state index contributed by atoms with van der Waals surface area (Å²) in [6, 6.07) is 4.29. The number of rotatable bonds is 6. The van der Waals surface area contributed by atoms with Crippen molar-refractivity contribution in [3.63, 3.8) is 0 Å². The summed E-state index contributed by atoms with van der Waals surface area (Å²) < 4.78 is 16.4. The minimum atomic E-state index is -1.01. The van der Waals surface area contributed by atoms with Gasteiger partial charge in [-0.2, -0.15) is 0 Å². The van der Waals surface area contributed by atoms with Crippen LogP contribution < -0.4 is 20.1 Å². The first-order valence-electron chi connectivity index (χ1n) is 12.0. The molecule has 8 nitrogen and oxygen atoms in total. The number of fused-ring (bicyclic) bond motifs is 1. The van der Waals surface area contributed by atoms with Crippen molar-refractivity contribution >= 4 is 23.5 Å². The summed E-state index contributed by atoms with van der Waals surface area (Å²) in [4.78, 5) is 38.3. The van der Waals surface area contributed by atoms with Crippen molar-refractivity contribution in [3.05, 3.63) is 18.2 Å². The molecule has 2 atom stereocenters. The Hall–Kier alpha value is -2.77. The second-order valence-corrected chi connectivity index (χ2v) is 10.3. The molecule has 2 amide bonds. The lowest BCUT2D eigenvalue weighted by Crippen LogP contribution is -2.56. The maximum atomic E-state index is 13.2. The highest BCUT2D eigenvalue weighted by Gasteiger charge is 2.54. The minimum Gasteiger partial charge on any atom is -0.486 e. The average Bonchev–Trinajstić information content (AvgIpc) is 2.78. The first kappa shape index (κ1) is 22.0. The van der Waals surface area contributed by atoms with Gasteiger partial charge in [0.2, 0.25) is 5.91 Å². The van der Waals surface area contributed by atoms with Gasteiger partial charge < -0.3 is 24.8 Å². The first-order valence-corrected chi connectivity index (χ1v) is 12.0. The van der Waals surface area contributed by atoms with Crippen LogP contribution >= 0.6 is 0 Å². The molecule has 1 aromatic carbocycles. The van der Waals surface area contributed by atoms with E-state index >= 15 is 0 Å². The molecule has 8 heteroatoms. The van der Waals surface area contributed by atoms with Crippen molar-refractivity contribution in [2.45, 2.75) is 64.5 Å². The Balaban J connectivity index is 1.14. The van der Waals surface area contributed by atoms with E-state index in [2.05, 4.69) is 10.6 Å². The summed E-state index contributed by atoms with van der Waals surface area (Å²) in [6.45, 7) is 4.07. The van der Waals surface area contributed by atoms with Crippen LogP contribution in [0.1, 0.15) is 52.4 Å². The summed E-state index contributed by atoms with van der Waals surface area (Å²) in [5.41, 5.74) is 0.195. The van der Waals surface area contributed by atoms with Crippen LogP contribution in [0, 0.1) is 23.2 Å². The second-order valence-electron chi connectivity index (χ2n) is 10.3. The molecule has 4 bridgehead atoms. The number of carbonyl (C=O) groups excluding carboxylic acids is 3. The van der Waals surface area contributed by atoms with E-state index in [1.807, 2.05) is 0 Å². The number of benzene rings is 1. The molecule has 0 spiro atoms. The molecule has 4 aliphatic carbocycles. The number of amides is 2. The molecular weight excluding hydrogens is 424 g/mol. The van der Waals surface area contributed by atoms with Crippen LogP contribution in [0.3, 0.4) is 0 Å². The van der Waals surface area contributed by atoms with Crippen molar-refractivity contribution in [2.24, 2.45) is 23.2 Å². The normalized spacial score (nSPS) is 30.8. The van der Waals surface area contributed by atoms with Gasteiger partial charge in [-0.15, -0.1) is 0 Å². The van der Waals surface area contributed by atoms with E-state index in [0.717, 1.165) is 19.3 Å². The summed E-state index contributed by atoms with van der Waals surface area (Å²) in [6.07, 6.45) is 5.54. The molecule has 4 fully saturated rings. The summed E-state index contributed by atoms with van der Waals surface area (Å²) in [5, 5.41) is 5.62. The molecule has 178 valence electrons. The van der Waals surface area contributed by atoms with Gasteiger partial charge in [-0.1, -0.05) is 0 Å². The van der Waals surface area contributed by atoms with E-state index in [1.165, 1.54) is 26.2 Å². The fraction of sp³-hybridized carbons (Fsp3) is 0.640. The van der Waals surface area contributed by atoms with Gasteiger partial charge in [-0.25, -0.2) is 4.79 Å². The molecule has 1 aliphatic heterocycles. The molecule has 0 aromatic heterocycles. The lowest BCUT2D eigenvalue weighted by molar-refractivity contribution is -0.158. The Morgan fingerprint density at radius 3 is 2.21 bits per heavy atom. The van der Waals surface area contributed by atoms with Crippen LogP contribution in [-0.4, -0.2) is 43.1 Å². The molecule has 1 aromatic rings. The molecule has 0 saturated heterocycles. The number of esters is 1. The van der Waals surface area contributed by atoms with Gasteiger partial charge in [0, 0.05) is 17.2 Å². The van der Waals surface area contributed by atoms with Crippen molar-refractivity contribution < 1.29 is 28.6 Å². The van der Waals surface area contributed by atoms with E-state index in [1.54, 1.807) is 25.1 Å². The molecule has 0 unspecified atom stereocenters.